The maximum atomic E-state index is 12.1. The standard InChI is InChI=1S/C15H17Cl2NO4/c16-11-4-3-9(12(17)7-11)6-13(19)18-14(15(20)21)10-2-1-5-22-8-10/h3-4,7,10,14H,1-2,5-6,8H2,(H,18,19)(H,20,21). The van der Waals surface area contributed by atoms with Crippen LogP contribution in [0.1, 0.15) is 18.4 Å². The van der Waals surface area contributed by atoms with E-state index >= 15 is 0 Å². The molecule has 1 aliphatic heterocycles. The number of hydrogen-bond acceptors (Lipinski definition) is 3. The molecule has 2 rings (SSSR count). The largest absolute Gasteiger partial charge is 0.480 e. The minimum atomic E-state index is -1.05. The van der Waals surface area contributed by atoms with Gasteiger partial charge in [0.15, 0.2) is 0 Å². The second-order valence-corrected chi connectivity index (χ2v) is 6.12. The first kappa shape index (κ1) is 17.1. The molecule has 1 aromatic rings. The minimum absolute atomic E-state index is 0.00730. The number of carbonyl (C=O) groups is 2. The molecule has 5 nitrogen and oxygen atoms in total. The lowest BCUT2D eigenvalue weighted by Crippen LogP contribution is -2.48. The summed E-state index contributed by atoms with van der Waals surface area (Å²) in [6.45, 7) is 0.982. The molecule has 2 N–H and O–H groups in total. The normalized spacial score (nSPS) is 19.5. The zero-order valence-electron chi connectivity index (χ0n) is 11.9. The van der Waals surface area contributed by atoms with E-state index in [0.29, 0.717) is 28.8 Å². The van der Waals surface area contributed by atoms with Crippen LogP contribution < -0.4 is 5.32 Å². The van der Waals surface area contributed by atoms with E-state index < -0.39 is 12.0 Å². The van der Waals surface area contributed by atoms with E-state index in [4.69, 9.17) is 27.9 Å². The summed E-state index contributed by atoms with van der Waals surface area (Å²) < 4.78 is 5.29. The smallest absolute Gasteiger partial charge is 0.326 e. The molecule has 1 amide bonds. The van der Waals surface area contributed by atoms with Crippen molar-refractivity contribution in [3.63, 3.8) is 0 Å². The number of halogens is 2. The molecule has 2 atom stereocenters. The highest BCUT2D eigenvalue weighted by atomic mass is 35.5. The summed E-state index contributed by atoms with van der Waals surface area (Å²) in [5.74, 6) is -1.65. The molecule has 0 aromatic heterocycles. The summed E-state index contributed by atoms with van der Waals surface area (Å²) in [6, 6.07) is 3.90. The van der Waals surface area contributed by atoms with Crippen molar-refractivity contribution < 1.29 is 19.4 Å². The van der Waals surface area contributed by atoms with E-state index in [0.717, 1.165) is 12.8 Å². The summed E-state index contributed by atoms with van der Waals surface area (Å²) in [5.41, 5.74) is 0.604. The van der Waals surface area contributed by atoms with E-state index in [-0.39, 0.29) is 18.2 Å². The molecule has 0 aliphatic carbocycles. The molecule has 1 saturated heterocycles. The van der Waals surface area contributed by atoms with Crippen LogP contribution in [-0.4, -0.2) is 36.2 Å². The SMILES string of the molecule is O=C(Cc1ccc(Cl)cc1Cl)NC(C(=O)O)C1CCCOC1. The Balaban J connectivity index is 2.00. The van der Waals surface area contributed by atoms with Crippen LogP contribution in [-0.2, 0) is 20.7 Å². The highest BCUT2D eigenvalue weighted by Gasteiger charge is 2.31. The first-order valence-electron chi connectivity index (χ1n) is 7.01. The molecule has 7 heteroatoms. The van der Waals surface area contributed by atoms with Crippen molar-refractivity contribution in [1.82, 2.24) is 5.32 Å². The van der Waals surface area contributed by atoms with Crippen LogP contribution in [0.2, 0.25) is 10.0 Å². The van der Waals surface area contributed by atoms with Gasteiger partial charge < -0.3 is 15.2 Å². The van der Waals surface area contributed by atoms with Crippen LogP contribution in [0, 0.1) is 5.92 Å². The van der Waals surface area contributed by atoms with Crippen LogP contribution in [0.3, 0.4) is 0 Å². The molecular formula is C15H17Cl2NO4. The molecular weight excluding hydrogens is 329 g/mol. The van der Waals surface area contributed by atoms with Crippen molar-refractivity contribution in [1.29, 1.82) is 0 Å². The fourth-order valence-corrected chi connectivity index (χ4v) is 2.95. The van der Waals surface area contributed by atoms with Gasteiger partial charge in [-0.05, 0) is 30.5 Å². The maximum absolute atomic E-state index is 12.1. The minimum Gasteiger partial charge on any atom is -0.480 e. The second kappa shape index (κ2) is 7.81. The number of carboxylic acid groups (broad SMARTS) is 1. The number of aliphatic carboxylic acids is 1. The number of rotatable bonds is 5. The van der Waals surface area contributed by atoms with Crippen LogP contribution in [0.25, 0.3) is 0 Å². The lowest BCUT2D eigenvalue weighted by atomic mass is 9.93. The zero-order valence-corrected chi connectivity index (χ0v) is 13.4. The van der Waals surface area contributed by atoms with Gasteiger partial charge in [0, 0.05) is 22.6 Å². The molecule has 0 saturated carbocycles. The number of carbonyl (C=O) groups excluding carboxylic acids is 1. The molecule has 2 unspecified atom stereocenters. The average molecular weight is 346 g/mol. The third-order valence-electron chi connectivity index (χ3n) is 3.62. The number of amides is 1. The van der Waals surface area contributed by atoms with Crippen LogP contribution in [0.5, 0.6) is 0 Å². The fraction of sp³-hybridized carbons (Fsp3) is 0.467. The summed E-state index contributed by atoms with van der Waals surface area (Å²) in [5, 5.41) is 12.8. The average Bonchev–Trinajstić information content (AvgIpc) is 2.48. The molecule has 22 heavy (non-hydrogen) atoms. The molecule has 1 aliphatic rings. The van der Waals surface area contributed by atoms with Crippen LogP contribution in [0.15, 0.2) is 18.2 Å². The van der Waals surface area contributed by atoms with Crippen molar-refractivity contribution in [3.8, 4) is 0 Å². The van der Waals surface area contributed by atoms with Gasteiger partial charge in [0.2, 0.25) is 5.91 Å². The van der Waals surface area contributed by atoms with E-state index in [1.807, 2.05) is 0 Å². The Morgan fingerprint density at radius 2 is 2.18 bits per heavy atom. The molecule has 1 aromatic carbocycles. The predicted octanol–water partition coefficient (Wildman–Crippen LogP) is 2.53. The zero-order chi connectivity index (χ0) is 16.1. The third kappa shape index (κ3) is 4.60. The van der Waals surface area contributed by atoms with Crippen LogP contribution >= 0.6 is 23.2 Å². The first-order valence-corrected chi connectivity index (χ1v) is 7.77. The number of hydrogen-bond donors (Lipinski definition) is 2. The van der Waals surface area contributed by atoms with Gasteiger partial charge in [-0.1, -0.05) is 29.3 Å². The lowest BCUT2D eigenvalue weighted by molar-refractivity contribution is -0.145. The maximum Gasteiger partial charge on any atom is 0.326 e. The number of ether oxygens (including phenoxy) is 1. The third-order valence-corrected chi connectivity index (χ3v) is 4.20. The van der Waals surface area contributed by atoms with Gasteiger partial charge in [-0.25, -0.2) is 4.79 Å². The van der Waals surface area contributed by atoms with E-state index in [9.17, 15) is 14.7 Å². The summed E-state index contributed by atoms with van der Waals surface area (Å²) in [6.07, 6.45) is 1.53. The molecule has 1 fully saturated rings. The first-order chi connectivity index (χ1) is 10.5. The topological polar surface area (TPSA) is 75.6 Å². The fourth-order valence-electron chi connectivity index (χ4n) is 2.47. The van der Waals surface area contributed by atoms with Gasteiger partial charge in [-0.15, -0.1) is 0 Å². The molecule has 0 radical (unpaired) electrons. The van der Waals surface area contributed by atoms with Crippen molar-refractivity contribution >= 4 is 35.1 Å². The van der Waals surface area contributed by atoms with Gasteiger partial charge in [-0.3, -0.25) is 4.79 Å². The molecule has 0 bridgehead atoms. The Bertz CT molecular complexity index is 558. The highest BCUT2D eigenvalue weighted by molar-refractivity contribution is 6.35. The molecule has 0 spiro atoms. The van der Waals surface area contributed by atoms with Crippen molar-refractivity contribution in [2.75, 3.05) is 13.2 Å². The molecule has 120 valence electrons. The van der Waals surface area contributed by atoms with Gasteiger partial charge >= 0.3 is 5.97 Å². The predicted molar refractivity (Wildman–Crippen MR) is 83.3 cm³/mol. The Kier molecular flexibility index (Phi) is 6.06. The van der Waals surface area contributed by atoms with E-state index in [1.54, 1.807) is 18.2 Å². The van der Waals surface area contributed by atoms with Gasteiger partial charge in [-0.2, -0.15) is 0 Å². The number of nitrogens with one attached hydrogen (secondary N) is 1. The van der Waals surface area contributed by atoms with E-state index in [2.05, 4.69) is 5.32 Å². The Morgan fingerprint density at radius 1 is 1.41 bits per heavy atom. The van der Waals surface area contributed by atoms with E-state index in [1.165, 1.54) is 0 Å². The lowest BCUT2D eigenvalue weighted by Gasteiger charge is -2.28. The summed E-state index contributed by atoms with van der Waals surface area (Å²) >= 11 is 11.8. The Morgan fingerprint density at radius 3 is 2.77 bits per heavy atom. The van der Waals surface area contributed by atoms with Crippen molar-refractivity contribution in [2.45, 2.75) is 25.3 Å². The molecule has 1 heterocycles. The van der Waals surface area contributed by atoms with Gasteiger partial charge in [0.1, 0.15) is 6.04 Å². The number of carboxylic acids is 1. The summed E-state index contributed by atoms with van der Waals surface area (Å²) in [4.78, 5) is 23.5. The summed E-state index contributed by atoms with van der Waals surface area (Å²) in [7, 11) is 0. The number of benzene rings is 1. The monoisotopic (exact) mass is 345 g/mol. The van der Waals surface area contributed by atoms with Crippen molar-refractivity contribution in [3.05, 3.63) is 33.8 Å². The van der Waals surface area contributed by atoms with Gasteiger partial charge in [0.05, 0.1) is 13.0 Å². The Hall–Kier alpha value is -1.30. The van der Waals surface area contributed by atoms with Crippen molar-refractivity contribution in [2.24, 2.45) is 5.92 Å². The quantitative estimate of drug-likeness (QED) is 0.859. The van der Waals surface area contributed by atoms with Gasteiger partial charge in [0.25, 0.3) is 0 Å². The Labute approximate surface area is 138 Å². The highest BCUT2D eigenvalue weighted by Crippen LogP contribution is 2.22. The second-order valence-electron chi connectivity index (χ2n) is 5.27. The van der Waals surface area contributed by atoms with Crippen LogP contribution in [0.4, 0.5) is 0 Å².